The van der Waals surface area contributed by atoms with Gasteiger partial charge >= 0.3 is 6.09 Å². The second-order valence-corrected chi connectivity index (χ2v) is 9.36. The lowest BCUT2D eigenvalue weighted by Crippen LogP contribution is -2.37. The molecule has 24 heavy (non-hydrogen) atoms. The SMILES string of the molecule is CC(C)(C)OC(=O)N1CC2(CC2)C[C@H]1c1nc2ccc(I)cc2[nH]1. The molecule has 5 nitrogen and oxygen atoms in total. The van der Waals surface area contributed by atoms with Crippen molar-refractivity contribution in [3.8, 4) is 0 Å². The van der Waals surface area contributed by atoms with Crippen molar-refractivity contribution in [2.24, 2.45) is 5.41 Å². The molecular formula is C18H22IN3O2. The quantitative estimate of drug-likeness (QED) is 0.660. The van der Waals surface area contributed by atoms with Crippen LogP contribution < -0.4 is 0 Å². The summed E-state index contributed by atoms with van der Waals surface area (Å²) in [6.45, 7) is 6.51. The molecule has 1 N–H and O–H groups in total. The zero-order valence-corrected chi connectivity index (χ0v) is 16.4. The maximum atomic E-state index is 12.7. The molecule has 0 radical (unpaired) electrons. The number of hydrogen-bond donors (Lipinski definition) is 1. The summed E-state index contributed by atoms with van der Waals surface area (Å²) in [6, 6.07) is 6.14. The summed E-state index contributed by atoms with van der Waals surface area (Å²) >= 11 is 2.30. The molecule has 2 aliphatic rings. The number of carbonyl (C=O) groups excluding carboxylic acids is 1. The molecular weight excluding hydrogens is 417 g/mol. The Labute approximate surface area is 155 Å². The van der Waals surface area contributed by atoms with Gasteiger partial charge in [0.1, 0.15) is 11.4 Å². The highest BCUT2D eigenvalue weighted by atomic mass is 127. The van der Waals surface area contributed by atoms with Crippen molar-refractivity contribution in [1.29, 1.82) is 0 Å². The Bertz CT molecular complexity index is 804. The van der Waals surface area contributed by atoms with Crippen LogP contribution in [0.5, 0.6) is 0 Å². The first-order chi connectivity index (χ1) is 11.2. The summed E-state index contributed by atoms with van der Waals surface area (Å²) in [5, 5.41) is 0. The highest BCUT2D eigenvalue weighted by Gasteiger charge is 2.55. The lowest BCUT2D eigenvalue weighted by atomic mass is 10.0. The Balaban J connectivity index is 1.66. The normalized spacial score (nSPS) is 22.3. The number of benzene rings is 1. The fraction of sp³-hybridized carbons (Fsp3) is 0.556. The summed E-state index contributed by atoms with van der Waals surface area (Å²) in [6.07, 6.45) is 3.14. The molecule has 1 spiro atoms. The number of nitrogens with one attached hydrogen (secondary N) is 1. The number of fused-ring (bicyclic) bond motifs is 1. The number of rotatable bonds is 1. The third-order valence-electron chi connectivity index (χ3n) is 4.87. The van der Waals surface area contributed by atoms with Gasteiger partial charge in [-0.15, -0.1) is 0 Å². The van der Waals surface area contributed by atoms with Crippen LogP contribution in [0, 0.1) is 8.99 Å². The molecule has 1 amide bonds. The van der Waals surface area contributed by atoms with Crippen LogP contribution in [0.1, 0.15) is 51.9 Å². The lowest BCUT2D eigenvalue weighted by Gasteiger charge is -2.27. The van der Waals surface area contributed by atoms with Gasteiger partial charge in [-0.2, -0.15) is 0 Å². The second-order valence-electron chi connectivity index (χ2n) is 8.11. The van der Waals surface area contributed by atoms with Gasteiger partial charge in [-0.3, -0.25) is 4.90 Å². The van der Waals surface area contributed by atoms with Crippen LogP contribution >= 0.6 is 22.6 Å². The predicted molar refractivity (Wildman–Crippen MR) is 101 cm³/mol. The molecule has 0 bridgehead atoms. The minimum atomic E-state index is -0.481. The van der Waals surface area contributed by atoms with Crippen LogP contribution in [0.2, 0.25) is 0 Å². The molecule has 1 atom stereocenters. The Hall–Kier alpha value is -1.31. The van der Waals surface area contributed by atoms with Crippen molar-refractivity contribution < 1.29 is 9.53 Å². The number of aromatic nitrogens is 2. The maximum absolute atomic E-state index is 12.7. The van der Waals surface area contributed by atoms with Gasteiger partial charge in [0.25, 0.3) is 0 Å². The van der Waals surface area contributed by atoms with E-state index in [0.29, 0.717) is 0 Å². The zero-order valence-electron chi connectivity index (χ0n) is 14.2. The van der Waals surface area contributed by atoms with Crippen molar-refractivity contribution in [3.05, 3.63) is 27.6 Å². The van der Waals surface area contributed by atoms with Crippen LogP contribution in [-0.4, -0.2) is 33.1 Å². The van der Waals surface area contributed by atoms with Crippen LogP contribution in [0.4, 0.5) is 4.79 Å². The molecule has 2 heterocycles. The standard InChI is InChI=1S/C18H22IN3O2/c1-17(2,3)24-16(23)22-10-18(6-7-18)9-14(22)15-20-12-5-4-11(19)8-13(12)21-15/h4-5,8,14H,6-7,9-10H2,1-3H3,(H,20,21)/t14-/m0/s1. The van der Waals surface area contributed by atoms with Gasteiger partial charge in [0.2, 0.25) is 0 Å². The molecule has 1 aromatic heterocycles. The van der Waals surface area contributed by atoms with Gasteiger partial charge < -0.3 is 9.72 Å². The van der Waals surface area contributed by atoms with E-state index in [2.05, 4.69) is 39.7 Å². The Kier molecular flexibility index (Phi) is 3.60. The molecule has 1 aliphatic carbocycles. The molecule has 128 valence electrons. The Morgan fingerprint density at radius 3 is 2.83 bits per heavy atom. The third kappa shape index (κ3) is 3.00. The topological polar surface area (TPSA) is 58.2 Å². The minimum Gasteiger partial charge on any atom is -0.444 e. The summed E-state index contributed by atoms with van der Waals surface area (Å²) in [5.41, 5.74) is 1.78. The fourth-order valence-corrected chi connectivity index (χ4v) is 4.00. The number of ether oxygens (including phenoxy) is 1. The predicted octanol–water partition coefficient (Wildman–Crippen LogP) is 4.63. The summed E-state index contributed by atoms with van der Waals surface area (Å²) in [4.78, 5) is 22.7. The number of nitrogens with zero attached hydrogens (tertiary/aromatic N) is 2. The largest absolute Gasteiger partial charge is 0.444 e. The van der Waals surface area contributed by atoms with Crippen molar-refractivity contribution in [2.45, 2.75) is 51.7 Å². The average Bonchev–Trinajstić information content (AvgIpc) is 2.92. The first-order valence-corrected chi connectivity index (χ1v) is 9.47. The fourth-order valence-electron chi connectivity index (χ4n) is 3.51. The van der Waals surface area contributed by atoms with Crippen LogP contribution in [0.15, 0.2) is 18.2 Å². The second kappa shape index (κ2) is 5.34. The van der Waals surface area contributed by atoms with Gasteiger partial charge in [-0.25, -0.2) is 9.78 Å². The summed E-state index contributed by atoms with van der Waals surface area (Å²) in [7, 11) is 0. The van der Waals surface area contributed by atoms with Gasteiger partial charge in [0, 0.05) is 10.1 Å². The van der Waals surface area contributed by atoms with Crippen molar-refractivity contribution in [1.82, 2.24) is 14.9 Å². The first-order valence-electron chi connectivity index (χ1n) is 8.40. The number of likely N-dealkylation sites (tertiary alicyclic amines) is 1. The Morgan fingerprint density at radius 2 is 2.17 bits per heavy atom. The molecule has 2 fully saturated rings. The molecule has 6 heteroatoms. The third-order valence-corrected chi connectivity index (χ3v) is 5.54. The van der Waals surface area contributed by atoms with E-state index in [1.54, 1.807) is 0 Å². The van der Waals surface area contributed by atoms with Crippen molar-refractivity contribution >= 4 is 39.7 Å². The van der Waals surface area contributed by atoms with E-state index in [1.165, 1.54) is 16.4 Å². The number of imidazole rings is 1. The zero-order chi connectivity index (χ0) is 17.1. The van der Waals surface area contributed by atoms with Crippen molar-refractivity contribution in [3.63, 3.8) is 0 Å². The maximum Gasteiger partial charge on any atom is 0.410 e. The van der Waals surface area contributed by atoms with E-state index in [4.69, 9.17) is 9.72 Å². The van der Waals surface area contributed by atoms with Crippen LogP contribution in [-0.2, 0) is 4.74 Å². The monoisotopic (exact) mass is 439 g/mol. The van der Waals surface area contributed by atoms with E-state index >= 15 is 0 Å². The number of aromatic amines is 1. The number of hydrogen-bond acceptors (Lipinski definition) is 3. The van der Waals surface area contributed by atoms with E-state index in [0.717, 1.165) is 29.8 Å². The summed E-state index contributed by atoms with van der Waals surface area (Å²) < 4.78 is 6.80. The molecule has 2 aromatic rings. The first kappa shape index (κ1) is 16.2. The Morgan fingerprint density at radius 1 is 1.42 bits per heavy atom. The smallest absolute Gasteiger partial charge is 0.410 e. The summed E-state index contributed by atoms with van der Waals surface area (Å²) in [5.74, 6) is 0.877. The lowest BCUT2D eigenvalue weighted by molar-refractivity contribution is 0.0212. The average molecular weight is 439 g/mol. The molecule has 4 rings (SSSR count). The van der Waals surface area contributed by atoms with Crippen molar-refractivity contribution in [2.75, 3.05) is 6.54 Å². The minimum absolute atomic E-state index is 0.0209. The van der Waals surface area contributed by atoms with E-state index in [9.17, 15) is 4.79 Å². The van der Waals surface area contributed by atoms with Gasteiger partial charge in [-0.1, -0.05) is 0 Å². The number of amides is 1. The number of carbonyl (C=O) groups is 1. The number of halogens is 1. The molecule has 0 unspecified atom stereocenters. The highest BCUT2D eigenvalue weighted by Crippen LogP contribution is 2.58. The molecule has 1 aliphatic heterocycles. The molecule has 1 aromatic carbocycles. The van der Waals surface area contributed by atoms with Crippen LogP contribution in [0.25, 0.3) is 11.0 Å². The molecule has 1 saturated carbocycles. The van der Waals surface area contributed by atoms with Gasteiger partial charge in [0.15, 0.2) is 0 Å². The highest BCUT2D eigenvalue weighted by molar-refractivity contribution is 14.1. The van der Waals surface area contributed by atoms with E-state index in [1.807, 2.05) is 31.7 Å². The van der Waals surface area contributed by atoms with E-state index < -0.39 is 5.60 Å². The molecule has 1 saturated heterocycles. The van der Waals surface area contributed by atoms with Gasteiger partial charge in [-0.05, 0) is 86.2 Å². The number of H-pyrrole nitrogens is 1. The van der Waals surface area contributed by atoms with Gasteiger partial charge in [0.05, 0.1) is 17.1 Å². The van der Waals surface area contributed by atoms with Crippen LogP contribution in [0.3, 0.4) is 0 Å². The van der Waals surface area contributed by atoms with E-state index in [-0.39, 0.29) is 17.6 Å².